The van der Waals surface area contributed by atoms with Gasteiger partial charge in [0, 0.05) is 13.0 Å². The molecule has 0 bridgehead atoms. The lowest BCUT2D eigenvalue weighted by molar-refractivity contribution is -0.116. The monoisotopic (exact) mass is 344 g/mol. The van der Waals surface area contributed by atoms with Crippen LogP contribution >= 0.6 is 11.6 Å². The van der Waals surface area contributed by atoms with Gasteiger partial charge >= 0.3 is 0 Å². The number of halogens is 1. The number of aryl methyl sites for hydroxylation is 3. The first kappa shape index (κ1) is 18.5. The Morgan fingerprint density at radius 2 is 1.83 bits per heavy atom. The lowest BCUT2D eigenvalue weighted by Gasteiger charge is -2.12. The van der Waals surface area contributed by atoms with Gasteiger partial charge in [-0.2, -0.15) is 0 Å². The maximum absolute atomic E-state index is 12.0. The molecule has 0 saturated heterocycles. The van der Waals surface area contributed by atoms with Gasteiger partial charge < -0.3 is 10.6 Å². The summed E-state index contributed by atoms with van der Waals surface area (Å²) in [5.41, 5.74) is 4.15. The van der Waals surface area contributed by atoms with Gasteiger partial charge in [0.1, 0.15) is 0 Å². The van der Waals surface area contributed by atoms with Crippen LogP contribution in [0.2, 0.25) is 5.02 Å². The van der Waals surface area contributed by atoms with Gasteiger partial charge in [0.2, 0.25) is 5.91 Å². The predicted octanol–water partition coefficient (Wildman–Crippen LogP) is 4.51. The minimum atomic E-state index is -0.0144. The van der Waals surface area contributed by atoms with Crippen molar-refractivity contribution in [1.29, 1.82) is 0 Å². The quantitative estimate of drug-likeness (QED) is 0.692. The zero-order chi connectivity index (χ0) is 17.4. The van der Waals surface area contributed by atoms with Gasteiger partial charge in [-0.3, -0.25) is 4.79 Å². The Labute approximate surface area is 149 Å². The Bertz CT molecular complexity index is 648. The standard InChI is InChI=1S/C20H25ClN2O/c1-15-13-16(2)20(18(21)14-15)23-19(24)10-12-22-11-6-9-17-7-4-3-5-8-17/h3-5,7-8,13-14,22H,6,9-12H2,1-2H3,(H,23,24). The molecule has 0 atom stereocenters. The molecule has 0 aromatic heterocycles. The number of rotatable bonds is 8. The van der Waals surface area contributed by atoms with Gasteiger partial charge in [-0.1, -0.05) is 48.0 Å². The van der Waals surface area contributed by atoms with Gasteiger partial charge in [0.15, 0.2) is 0 Å². The number of hydrogen-bond donors (Lipinski definition) is 2. The van der Waals surface area contributed by atoms with Crippen molar-refractivity contribution in [3.05, 3.63) is 64.2 Å². The third-order valence-corrected chi connectivity index (χ3v) is 4.18. The van der Waals surface area contributed by atoms with Crippen molar-refractivity contribution in [2.45, 2.75) is 33.1 Å². The second-order valence-electron chi connectivity index (χ2n) is 6.08. The number of carbonyl (C=O) groups is 1. The number of carbonyl (C=O) groups excluding carboxylic acids is 1. The van der Waals surface area contributed by atoms with Crippen molar-refractivity contribution < 1.29 is 4.79 Å². The van der Waals surface area contributed by atoms with E-state index < -0.39 is 0 Å². The highest BCUT2D eigenvalue weighted by molar-refractivity contribution is 6.34. The summed E-state index contributed by atoms with van der Waals surface area (Å²) in [6, 6.07) is 14.3. The highest BCUT2D eigenvalue weighted by Gasteiger charge is 2.09. The van der Waals surface area contributed by atoms with E-state index in [1.165, 1.54) is 5.56 Å². The van der Waals surface area contributed by atoms with E-state index >= 15 is 0 Å². The summed E-state index contributed by atoms with van der Waals surface area (Å²) in [6.07, 6.45) is 2.56. The molecule has 2 aromatic carbocycles. The minimum Gasteiger partial charge on any atom is -0.325 e. The summed E-state index contributed by atoms with van der Waals surface area (Å²) in [5.74, 6) is -0.0144. The van der Waals surface area contributed by atoms with Crippen LogP contribution in [0.3, 0.4) is 0 Å². The highest BCUT2D eigenvalue weighted by atomic mass is 35.5. The smallest absolute Gasteiger partial charge is 0.225 e. The molecule has 4 heteroatoms. The van der Waals surface area contributed by atoms with Gasteiger partial charge in [0.25, 0.3) is 0 Å². The maximum atomic E-state index is 12.0. The molecule has 2 N–H and O–H groups in total. The summed E-state index contributed by atoms with van der Waals surface area (Å²) < 4.78 is 0. The van der Waals surface area contributed by atoms with Crippen molar-refractivity contribution in [3.63, 3.8) is 0 Å². The molecule has 0 unspecified atom stereocenters. The normalized spacial score (nSPS) is 10.6. The second-order valence-corrected chi connectivity index (χ2v) is 6.48. The minimum absolute atomic E-state index is 0.0144. The van der Waals surface area contributed by atoms with E-state index in [1.54, 1.807) is 0 Å². The van der Waals surface area contributed by atoms with Crippen LogP contribution in [0.4, 0.5) is 5.69 Å². The number of benzene rings is 2. The summed E-state index contributed by atoms with van der Waals surface area (Å²) in [6.45, 7) is 5.52. The molecule has 128 valence electrons. The summed E-state index contributed by atoms with van der Waals surface area (Å²) in [7, 11) is 0. The van der Waals surface area contributed by atoms with E-state index in [-0.39, 0.29) is 5.91 Å². The van der Waals surface area contributed by atoms with Crippen LogP contribution in [0.15, 0.2) is 42.5 Å². The fourth-order valence-electron chi connectivity index (χ4n) is 2.67. The molecule has 24 heavy (non-hydrogen) atoms. The maximum Gasteiger partial charge on any atom is 0.225 e. The van der Waals surface area contributed by atoms with Gasteiger partial charge in [-0.25, -0.2) is 0 Å². The van der Waals surface area contributed by atoms with Crippen LogP contribution in [0, 0.1) is 13.8 Å². The van der Waals surface area contributed by atoms with E-state index in [4.69, 9.17) is 11.6 Å². The van der Waals surface area contributed by atoms with E-state index in [0.29, 0.717) is 18.0 Å². The zero-order valence-electron chi connectivity index (χ0n) is 14.4. The molecule has 0 aliphatic heterocycles. The summed E-state index contributed by atoms with van der Waals surface area (Å²) in [4.78, 5) is 12.0. The van der Waals surface area contributed by atoms with Crippen molar-refractivity contribution in [2.24, 2.45) is 0 Å². The average molecular weight is 345 g/mol. The van der Waals surface area contributed by atoms with Crippen molar-refractivity contribution >= 4 is 23.2 Å². The molecule has 0 saturated carbocycles. The molecule has 0 radical (unpaired) electrons. The molecule has 1 amide bonds. The third-order valence-electron chi connectivity index (χ3n) is 3.89. The first-order valence-corrected chi connectivity index (χ1v) is 8.75. The van der Waals surface area contributed by atoms with E-state index in [9.17, 15) is 4.79 Å². The fraction of sp³-hybridized carbons (Fsp3) is 0.350. The SMILES string of the molecule is Cc1cc(C)c(NC(=O)CCNCCCc2ccccc2)c(Cl)c1. The van der Waals surface area contributed by atoms with Gasteiger partial charge in [-0.15, -0.1) is 0 Å². The summed E-state index contributed by atoms with van der Waals surface area (Å²) in [5, 5.41) is 6.82. The van der Waals surface area contributed by atoms with Crippen LogP contribution in [0.25, 0.3) is 0 Å². The molecule has 2 rings (SSSR count). The molecule has 3 nitrogen and oxygen atoms in total. The molecular formula is C20H25ClN2O. The van der Waals surface area contributed by atoms with E-state index in [1.807, 2.05) is 32.0 Å². The van der Waals surface area contributed by atoms with Crippen LogP contribution < -0.4 is 10.6 Å². The molecule has 2 aromatic rings. The molecule has 0 aliphatic rings. The Morgan fingerprint density at radius 1 is 1.08 bits per heavy atom. The van der Waals surface area contributed by atoms with Gasteiger partial charge in [0.05, 0.1) is 10.7 Å². The Balaban J connectivity index is 1.65. The largest absolute Gasteiger partial charge is 0.325 e. The van der Waals surface area contributed by atoms with Crippen LogP contribution in [0.5, 0.6) is 0 Å². The van der Waals surface area contributed by atoms with E-state index in [2.05, 4.69) is 34.9 Å². The first-order valence-electron chi connectivity index (χ1n) is 8.37. The Kier molecular flexibility index (Phi) is 7.29. The second kappa shape index (κ2) is 9.45. The lowest BCUT2D eigenvalue weighted by Crippen LogP contribution is -2.23. The first-order chi connectivity index (χ1) is 11.6. The van der Waals surface area contributed by atoms with Gasteiger partial charge in [-0.05, 0) is 56.0 Å². The Morgan fingerprint density at radius 3 is 2.54 bits per heavy atom. The van der Waals surface area contributed by atoms with Crippen LogP contribution in [-0.4, -0.2) is 19.0 Å². The number of anilines is 1. The van der Waals surface area contributed by atoms with Crippen LogP contribution in [-0.2, 0) is 11.2 Å². The number of nitrogens with one attached hydrogen (secondary N) is 2. The van der Waals surface area contributed by atoms with E-state index in [0.717, 1.165) is 36.2 Å². The molecule has 0 fully saturated rings. The highest BCUT2D eigenvalue weighted by Crippen LogP contribution is 2.27. The number of amides is 1. The third kappa shape index (κ3) is 5.99. The molecule has 0 aliphatic carbocycles. The Hall–Kier alpha value is -1.84. The molecular weight excluding hydrogens is 320 g/mol. The molecule has 0 heterocycles. The van der Waals surface area contributed by atoms with Crippen molar-refractivity contribution in [3.8, 4) is 0 Å². The average Bonchev–Trinajstić information content (AvgIpc) is 2.55. The predicted molar refractivity (Wildman–Crippen MR) is 102 cm³/mol. The lowest BCUT2D eigenvalue weighted by atomic mass is 10.1. The zero-order valence-corrected chi connectivity index (χ0v) is 15.1. The van der Waals surface area contributed by atoms with Crippen LogP contribution in [0.1, 0.15) is 29.5 Å². The van der Waals surface area contributed by atoms with Crippen molar-refractivity contribution in [2.75, 3.05) is 18.4 Å². The molecule has 0 spiro atoms. The topological polar surface area (TPSA) is 41.1 Å². The number of hydrogen-bond acceptors (Lipinski definition) is 2. The van der Waals surface area contributed by atoms with Crippen molar-refractivity contribution in [1.82, 2.24) is 5.32 Å². The summed E-state index contributed by atoms with van der Waals surface area (Å²) >= 11 is 6.21. The fourth-order valence-corrected chi connectivity index (χ4v) is 3.03.